The summed E-state index contributed by atoms with van der Waals surface area (Å²) in [5.41, 5.74) is 1.54. The Hall–Kier alpha value is -4.40. The molecule has 17 heteroatoms. The van der Waals surface area contributed by atoms with Gasteiger partial charge in [-0.1, -0.05) is 6.07 Å². The van der Waals surface area contributed by atoms with Crippen molar-refractivity contribution in [3.8, 4) is 23.2 Å². The van der Waals surface area contributed by atoms with E-state index in [1.807, 2.05) is 4.90 Å². The average Bonchev–Trinajstić information content (AvgIpc) is 3.80. The summed E-state index contributed by atoms with van der Waals surface area (Å²) in [5.74, 6) is -2.84. The molecule has 50 heavy (non-hydrogen) atoms. The van der Waals surface area contributed by atoms with Gasteiger partial charge < -0.3 is 25.4 Å². The molecule has 1 amide bonds. The number of nitrogen functional groups attached to an aromatic ring is 1. The Balaban J connectivity index is 1.45. The fourth-order valence-corrected chi connectivity index (χ4v) is 8.68. The van der Waals surface area contributed by atoms with Crippen LogP contribution in [0, 0.1) is 23.0 Å². The maximum Gasteiger partial charge on any atom is 0.417 e. The molecule has 2 aromatic carbocycles. The molecular weight excluding hydrogens is 688 g/mol. The van der Waals surface area contributed by atoms with E-state index in [4.69, 9.17) is 10.5 Å². The minimum absolute atomic E-state index is 0.00141. The van der Waals surface area contributed by atoms with Crippen LogP contribution in [0.5, 0.6) is 6.01 Å². The van der Waals surface area contributed by atoms with Crippen molar-refractivity contribution in [1.29, 1.82) is 5.26 Å². The van der Waals surface area contributed by atoms with Crippen LogP contribution in [0.25, 0.3) is 32.1 Å². The minimum Gasteiger partial charge on any atom is -0.461 e. The van der Waals surface area contributed by atoms with Gasteiger partial charge in [-0.3, -0.25) is 9.69 Å². The number of thiophene rings is 1. The molecule has 10 nitrogen and oxygen atoms in total. The largest absolute Gasteiger partial charge is 0.461 e. The van der Waals surface area contributed by atoms with E-state index in [0.717, 1.165) is 18.6 Å². The number of amides is 1. The van der Waals surface area contributed by atoms with Gasteiger partial charge in [-0.05, 0) is 37.1 Å². The first-order valence-corrected chi connectivity index (χ1v) is 16.7. The predicted molar refractivity (Wildman–Crippen MR) is 173 cm³/mol. The van der Waals surface area contributed by atoms with E-state index < -0.39 is 69.9 Å². The third-order valence-corrected chi connectivity index (χ3v) is 11.2. The fraction of sp³-hybridized carbons (Fsp3) is 0.455. The minimum atomic E-state index is -5.17. The molecule has 4 atom stereocenters. The molecule has 3 saturated heterocycles. The van der Waals surface area contributed by atoms with E-state index in [2.05, 4.69) is 9.97 Å². The number of fused-ring (bicyclic) bond motifs is 3. The number of nitriles is 1. The lowest BCUT2D eigenvalue weighted by atomic mass is 9.92. The molecule has 0 aliphatic carbocycles. The van der Waals surface area contributed by atoms with Crippen molar-refractivity contribution in [3.63, 3.8) is 0 Å². The smallest absolute Gasteiger partial charge is 0.417 e. The molecule has 4 aromatic rings. The number of hydrogen-bond acceptors (Lipinski definition) is 10. The number of hydrogen-bond donors (Lipinski definition) is 2. The topological polar surface area (TPSA) is 132 Å². The van der Waals surface area contributed by atoms with E-state index in [-0.39, 0.29) is 70.4 Å². The maximum absolute atomic E-state index is 17.0. The zero-order valence-electron chi connectivity index (χ0n) is 26.8. The summed E-state index contributed by atoms with van der Waals surface area (Å²) in [5, 5.41) is 19.9. The lowest BCUT2D eigenvalue weighted by Gasteiger charge is -2.31. The van der Waals surface area contributed by atoms with Crippen LogP contribution in [0.3, 0.4) is 0 Å². The standard InChI is InChI=1S/C33H31F6N7O3S/c1-15(47)45-12-22(23(48)13-45)44(2)30-18-8-20(33(37,38)39)25(17-4-5-21(35)28-24(17)19(10-40)29(41)50-28)26(36)27(18)42-31(43-30)49-14-32-6-3-7-46(32)11-16(34)9-32/h4-5,8,16,22-23,48H,3,6-7,9,11-14,41H2,1-2H3. The summed E-state index contributed by atoms with van der Waals surface area (Å²) in [6.07, 6.45) is -5.75. The number of nitrogens with two attached hydrogens (primary N) is 1. The molecule has 3 aliphatic heterocycles. The average molecular weight is 720 g/mol. The van der Waals surface area contributed by atoms with Crippen molar-refractivity contribution in [2.45, 2.75) is 56.2 Å². The number of β-amino-alcohol motifs (C(OH)–C–C–N with tert-alkyl or cyclic N) is 1. The highest BCUT2D eigenvalue weighted by Gasteiger charge is 2.49. The van der Waals surface area contributed by atoms with Gasteiger partial charge in [0.1, 0.15) is 41.0 Å². The number of likely N-dealkylation sites (N-methyl/N-ethyl adjacent to an activating group) is 1. The summed E-state index contributed by atoms with van der Waals surface area (Å²) in [6, 6.07) is 3.06. The fourth-order valence-electron chi connectivity index (χ4n) is 7.73. The Labute approximate surface area is 285 Å². The number of carbonyl (C=O) groups is 1. The summed E-state index contributed by atoms with van der Waals surface area (Å²) in [4.78, 5) is 25.5. The lowest BCUT2D eigenvalue weighted by molar-refractivity contribution is -0.137. The Bertz CT molecular complexity index is 2090. The number of nitrogens with zero attached hydrogens (tertiary/aromatic N) is 6. The predicted octanol–water partition coefficient (Wildman–Crippen LogP) is 5.25. The summed E-state index contributed by atoms with van der Waals surface area (Å²) >= 11 is 0.655. The van der Waals surface area contributed by atoms with E-state index in [9.17, 15) is 37.1 Å². The Kier molecular flexibility index (Phi) is 8.27. The van der Waals surface area contributed by atoms with Gasteiger partial charge in [0.05, 0.1) is 33.5 Å². The highest BCUT2D eigenvalue weighted by molar-refractivity contribution is 7.23. The van der Waals surface area contributed by atoms with Gasteiger partial charge in [-0.15, -0.1) is 11.3 Å². The number of ether oxygens (including phenoxy) is 1. The van der Waals surface area contributed by atoms with Gasteiger partial charge in [-0.25, -0.2) is 13.2 Å². The molecule has 2 aromatic heterocycles. The second-order valence-corrected chi connectivity index (χ2v) is 14.2. The third kappa shape index (κ3) is 5.44. The number of benzene rings is 2. The van der Waals surface area contributed by atoms with Crippen LogP contribution in [-0.4, -0.2) is 94.5 Å². The van der Waals surface area contributed by atoms with Crippen LogP contribution >= 0.6 is 11.3 Å². The third-order valence-electron chi connectivity index (χ3n) is 10.2. The van der Waals surface area contributed by atoms with Gasteiger partial charge in [0.25, 0.3) is 0 Å². The number of halogens is 6. The monoisotopic (exact) mass is 719 g/mol. The molecule has 3 N–H and O–H groups in total. The first-order valence-electron chi connectivity index (χ1n) is 15.8. The van der Waals surface area contributed by atoms with E-state index >= 15 is 4.39 Å². The summed E-state index contributed by atoms with van der Waals surface area (Å²) in [6.45, 7) is 2.09. The molecule has 3 fully saturated rings. The number of rotatable bonds is 6. The van der Waals surface area contributed by atoms with Gasteiger partial charge in [0.2, 0.25) is 5.91 Å². The van der Waals surface area contributed by atoms with Crippen molar-refractivity contribution >= 4 is 49.1 Å². The summed E-state index contributed by atoms with van der Waals surface area (Å²) < 4.78 is 97.1. The van der Waals surface area contributed by atoms with Gasteiger partial charge >= 0.3 is 12.2 Å². The molecule has 0 radical (unpaired) electrons. The van der Waals surface area contributed by atoms with Crippen LogP contribution in [0.4, 0.5) is 37.2 Å². The highest BCUT2D eigenvalue weighted by Crippen LogP contribution is 2.48. The molecule has 4 unspecified atom stereocenters. The van der Waals surface area contributed by atoms with Crippen molar-refractivity contribution < 1.29 is 41.0 Å². The van der Waals surface area contributed by atoms with Crippen molar-refractivity contribution in [2.24, 2.45) is 0 Å². The first kappa shape index (κ1) is 34.1. The van der Waals surface area contributed by atoms with Gasteiger partial charge in [-0.2, -0.15) is 28.4 Å². The normalized spacial score (nSPS) is 23.9. The van der Waals surface area contributed by atoms with Crippen LogP contribution in [0.1, 0.15) is 37.3 Å². The second-order valence-electron chi connectivity index (χ2n) is 13.1. The Morgan fingerprint density at radius 3 is 2.70 bits per heavy atom. The van der Waals surface area contributed by atoms with Crippen LogP contribution < -0.4 is 15.4 Å². The zero-order chi connectivity index (χ0) is 35.9. The number of alkyl halides is 4. The number of anilines is 2. The van der Waals surface area contributed by atoms with E-state index in [0.29, 0.717) is 30.4 Å². The van der Waals surface area contributed by atoms with Crippen LogP contribution in [0.2, 0.25) is 0 Å². The van der Waals surface area contributed by atoms with Crippen molar-refractivity contribution in [1.82, 2.24) is 19.8 Å². The SMILES string of the molecule is CC(=O)N1CC(O)C(N(C)c2nc(OCC34CCCN3CC(F)C4)nc3c(F)c(-c4ccc(F)c5sc(N)c(C#N)c45)c(C(F)(F)F)cc23)C1. The molecule has 0 bridgehead atoms. The number of carbonyl (C=O) groups excluding carboxylic acids is 1. The Morgan fingerprint density at radius 2 is 2.02 bits per heavy atom. The van der Waals surface area contributed by atoms with Crippen molar-refractivity contribution in [3.05, 3.63) is 41.0 Å². The molecule has 5 heterocycles. The second kappa shape index (κ2) is 12.1. The lowest BCUT2D eigenvalue weighted by Crippen LogP contribution is -2.44. The van der Waals surface area contributed by atoms with E-state index in [1.165, 1.54) is 23.8 Å². The van der Waals surface area contributed by atoms with Crippen molar-refractivity contribution in [2.75, 3.05) is 50.5 Å². The molecular formula is C33H31F6N7O3S. The Morgan fingerprint density at radius 1 is 1.26 bits per heavy atom. The molecule has 7 rings (SSSR count). The quantitative estimate of drug-likeness (QED) is 0.257. The molecule has 0 saturated carbocycles. The maximum atomic E-state index is 17.0. The zero-order valence-corrected chi connectivity index (χ0v) is 27.6. The van der Waals surface area contributed by atoms with E-state index in [1.54, 1.807) is 6.07 Å². The van der Waals surface area contributed by atoms with Gasteiger partial charge in [0, 0.05) is 56.4 Å². The number of aliphatic hydroxyl groups excluding tert-OH is 1. The first-order chi connectivity index (χ1) is 23.6. The van der Waals surface area contributed by atoms with Crippen LogP contribution in [-0.2, 0) is 11.0 Å². The molecule has 0 spiro atoms. The molecule has 264 valence electrons. The highest BCUT2D eigenvalue weighted by atomic mass is 32.1. The van der Waals surface area contributed by atoms with Crippen LogP contribution in [0.15, 0.2) is 18.2 Å². The number of aliphatic hydroxyl groups is 1. The molecule has 3 aliphatic rings. The van der Waals surface area contributed by atoms with Gasteiger partial charge in [0.15, 0.2) is 5.82 Å². The number of likely N-dealkylation sites (tertiary alicyclic amines) is 1. The summed E-state index contributed by atoms with van der Waals surface area (Å²) in [7, 11) is 1.45. The number of aromatic nitrogens is 2.